The summed E-state index contributed by atoms with van der Waals surface area (Å²) in [5, 5.41) is 6.66. The van der Waals surface area contributed by atoms with Crippen molar-refractivity contribution in [3.63, 3.8) is 0 Å². The van der Waals surface area contributed by atoms with E-state index in [0.29, 0.717) is 0 Å². The van der Waals surface area contributed by atoms with Crippen LogP contribution in [0, 0.1) is 0 Å². The largest absolute Gasteiger partial charge is 0.379 e. The van der Waals surface area contributed by atoms with Gasteiger partial charge in [-0.25, -0.2) is 0 Å². The number of nitrogens with zero attached hydrogens (tertiary/aromatic N) is 1. The molecule has 5 nitrogen and oxygen atoms in total. The number of ether oxygens (including phenoxy) is 2. The molecule has 0 bridgehead atoms. The van der Waals surface area contributed by atoms with Crippen molar-refractivity contribution in [1.82, 2.24) is 10.6 Å². The molecule has 1 atom stereocenters. The normalized spacial score (nSPS) is 17.4. The van der Waals surface area contributed by atoms with E-state index in [1.165, 1.54) is 5.56 Å². The van der Waals surface area contributed by atoms with Crippen molar-refractivity contribution in [2.45, 2.75) is 32.3 Å². The standard InChI is InChI=1S/C18H29N3O2.HI/c1-2-19-18(21-12-9-16-7-4-3-5-8-16)20-11-6-13-23-17-10-14-22-15-17;/h3-5,7-8,17H,2,6,9-15H2,1H3,(H2,19,20,21);1H. The second kappa shape index (κ2) is 13.4. The summed E-state index contributed by atoms with van der Waals surface area (Å²) in [5.74, 6) is 0.882. The molecule has 1 saturated heterocycles. The minimum absolute atomic E-state index is 0. The summed E-state index contributed by atoms with van der Waals surface area (Å²) in [6.45, 7) is 6.93. The van der Waals surface area contributed by atoms with Crippen molar-refractivity contribution in [2.75, 3.05) is 39.5 Å². The van der Waals surface area contributed by atoms with E-state index in [4.69, 9.17) is 9.47 Å². The summed E-state index contributed by atoms with van der Waals surface area (Å²) in [6, 6.07) is 10.5. The minimum Gasteiger partial charge on any atom is -0.379 e. The summed E-state index contributed by atoms with van der Waals surface area (Å²) in [7, 11) is 0. The van der Waals surface area contributed by atoms with Crippen molar-refractivity contribution in [3.05, 3.63) is 35.9 Å². The molecule has 1 heterocycles. The van der Waals surface area contributed by atoms with Gasteiger partial charge in [-0.1, -0.05) is 30.3 Å². The molecular weight excluding hydrogens is 417 g/mol. The van der Waals surface area contributed by atoms with Crippen LogP contribution in [0.4, 0.5) is 0 Å². The first-order valence-electron chi connectivity index (χ1n) is 8.64. The van der Waals surface area contributed by atoms with Crippen molar-refractivity contribution < 1.29 is 9.47 Å². The second-order valence-electron chi connectivity index (χ2n) is 5.63. The number of halogens is 1. The van der Waals surface area contributed by atoms with Crippen LogP contribution >= 0.6 is 24.0 Å². The molecule has 1 aromatic carbocycles. The van der Waals surface area contributed by atoms with E-state index in [0.717, 1.165) is 64.7 Å². The third kappa shape index (κ3) is 8.84. The highest BCUT2D eigenvalue weighted by Crippen LogP contribution is 2.08. The van der Waals surface area contributed by atoms with E-state index >= 15 is 0 Å². The number of rotatable bonds is 9. The molecule has 0 spiro atoms. The zero-order valence-corrected chi connectivity index (χ0v) is 16.8. The van der Waals surface area contributed by atoms with Crippen LogP contribution in [-0.2, 0) is 15.9 Å². The number of guanidine groups is 1. The van der Waals surface area contributed by atoms with E-state index in [2.05, 4.69) is 46.8 Å². The molecule has 0 aliphatic carbocycles. The lowest BCUT2D eigenvalue weighted by Gasteiger charge is -2.12. The van der Waals surface area contributed by atoms with Gasteiger partial charge >= 0.3 is 0 Å². The quantitative estimate of drug-likeness (QED) is 0.265. The Morgan fingerprint density at radius 2 is 2.12 bits per heavy atom. The zero-order chi connectivity index (χ0) is 16.2. The first-order valence-corrected chi connectivity index (χ1v) is 8.64. The number of aliphatic imine (C=N–C) groups is 1. The Kier molecular flexibility index (Phi) is 11.9. The molecule has 0 saturated carbocycles. The summed E-state index contributed by atoms with van der Waals surface area (Å²) in [4.78, 5) is 4.59. The summed E-state index contributed by atoms with van der Waals surface area (Å²) >= 11 is 0. The molecule has 2 rings (SSSR count). The van der Waals surface area contributed by atoms with Gasteiger partial charge in [0.2, 0.25) is 0 Å². The maximum atomic E-state index is 5.75. The summed E-state index contributed by atoms with van der Waals surface area (Å²) in [6.07, 6.45) is 3.24. The fraction of sp³-hybridized carbons (Fsp3) is 0.611. The fourth-order valence-corrected chi connectivity index (χ4v) is 2.46. The monoisotopic (exact) mass is 447 g/mol. The van der Waals surface area contributed by atoms with E-state index in [9.17, 15) is 0 Å². The molecule has 0 radical (unpaired) electrons. The van der Waals surface area contributed by atoms with E-state index in [1.807, 2.05) is 6.07 Å². The van der Waals surface area contributed by atoms with Gasteiger partial charge in [-0.2, -0.15) is 0 Å². The predicted octanol–water partition coefficient (Wildman–Crippen LogP) is 2.60. The average Bonchev–Trinajstić information content (AvgIpc) is 3.09. The maximum Gasteiger partial charge on any atom is 0.191 e. The molecule has 24 heavy (non-hydrogen) atoms. The van der Waals surface area contributed by atoms with Gasteiger partial charge in [0.05, 0.1) is 12.7 Å². The first kappa shape index (κ1) is 21.2. The second-order valence-corrected chi connectivity index (χ2v) is 5.63. The van der Waals surface area contributed by atoms with Crippen LogP contribution in [0.25, 0.3) is 0 Å². The Morgan fingerprint density at radius 3 is 2.83 bits per heavy atom. The SMILES string of the molecule is CCNC(=NCCCOC1CCOC1)NCCc1ccccc1.I. The molecule has 0 aromatic heterocycles. The van der Waals surface area contributed by atoms with Gasteiger partial charge in [0.15, 0.2) is 5.96 Å². The van der Waals surface area contributed by atoms with Crippen LogP contribution in [-0.4, -0.2) is 51.5 Å². The Balaban J connectivity index is 0.00000288. The lowest BCUT2D eigenvalue weighted by Crippen LogP contribution is -2.38. The van der Waals surface area contributed by atoms with Crippen molar-refractivity contribution >= 4 is 29.9 Å². The fourth-order valence-electron chi connectivity index (χ4n) is 2.46. The summed E-state index contributed by atoms with van der Waals surface area (Å²) < 4.78 is 11.0. The Labute approximate surface area is 162 Å². The molecule has 0 amide bonds. The molecule has 6 heteroatoms. The highest BCUT2D eigenvalue weighted by atomic mass is 127. The highest BCUT2D eigenvalue weighted by Gasteiger charge is 2.15. The lowest BCUT2D eigenvalue weighted by atomic mass is 10.1. The maximum absolute atomic E-state index is 5.75. The molecule has 2 N–H and O–H groups in total. The van der Waals surface area contributed by atoms with Crippen LogP contribution in [0.5, 0.6) is 0 Å². The summed E-state index contributed by atoms with van der Waals surface area (Å²) in [5.41, 5.74) is 1.34. The van der Waals surface area contributed by atoms with E-state index in [-0.39, 0.29) is 30.1 Å². The van der Waals surface area contributed by atoms with E-state index in [1.54, 1.807) is 0 Å². The molecular formula is C18H30IN3O2. The minimum atomic E-state index is 0. The molecule has 136 valence electrons. The lowest BCUT2D eigenvalue weighted by molar-refractivity contribution is 0.0424. The number of benzene rings is 1. The van der Waals surface area contributed by atoms with Crippen LogP contribution in [0.3, 0.4) is 0 Å². The molecule has 1 aliphatic heterocycles. The first-order chi connectivity index (χ1) is 11.4. The number of hydrogen-bond donors (Lipinski definition) is 2. The van der Waals surface area contributed by atoms with Gasteiger partial charge in [0, 0.05) is 32.8 Å². The third-order valence-corrected chi connectivity index (χ3v) is 3.71. The molecule has 1 aromatic rings. The van der Waals surface area contributed by atoms with Gasteiger partial charge in [-0.3, -0.25) is 4.99 Å². The van der Waals surface area contributed by atoms with Crippen molar-refractivity contribution in [2.24, 2.45) is 4.99 Å². The van der Waals surface area contributed by atoms with Crippen LogP contribution < -0.4 is 10.6 Å². The highest BCUT2D eigenvalue weighted by molar-refractivity contribution is 14.0. The Morgan fingerprint density at radius 1 is 1.29 bits per heavy atom. The zero-order valence-electron chi connectivity index (χ0n) is 14.5. The Hall–Kier alpha value is -0.860. The van der Waals surface area contributed by atoms with Gasteiger partial charge in [0.25, 0.3) is 0 Å². The molecule has 1 unspecified atom stereocenters. The van der Waals surface area contributed by atoms with Crippen LogP contribution in [0.2, 0.25) is 0 Å². The third-order valence-electron chi connectivity index (χ3n) is 3.71. The smallest absolute Gasteiger partial charge is 0.191 e. The Bertz CT molecular complexity index is 451. The van der Waals surface area contributed by atoms with Gasteiger partial charge in [0.1, 0.15) is 0 Å². The predicted molar refractivity (Wildman–Crippen MR) is 109 cm³/mol. The van der Waals surface area contributed by atoms with Crippen molar-refractivity contribution in [1.29, 1.82) is 0 Å². The number of nitrogens with one attached hydrogen (secondary N) is 2. The molecule has 1 fully saturated rings. The van der Waals surface area contributed by atoms with Crippen molar-refractivity contribution in [3.8, 4) is 0 Å². The van der Waals surface area contributed by atoms with Crippen LogP contribution in [0.1, 0.15) is 25.3 Å². The average molecular weight is 447 g/mol. The van der Waals surface area contributed by atoms with Gasteiger partial charge in [-0.15, -0.1) is 24.0 Å². The molecule has 1 aliphatic rings. The van der Waals surface area contributed by atoms with Crippen LogP contribution in [0.15, 0.2) is 35.3 Å². The van der Waals surface area contributed by atoms with E-state index < -0.39 is 0 Å². The topological polar surface area (TPSA) is 54.9 Å². The van der Waals surface area contributed by atoms with Gasteiger partial charge in [-0.05, 0) is 31.7 Å². The number of hydrogen-bond acceptors (Lipinski definition) is 3. The van der Waals surface area contributed by atoms with Gasteiger partial charge < -0.3 is 20.1 Å².